The molecule has 0 unspecified atom stereocenters. The van der Waals surface area contributed by atoms with Gasteiger partial charge in [-0.1, -0.05) is 43.6 Å². The van der Waals surface area contributed by atoms with Crippen molar-refractivity contribution >= 4 is 41.3 Å². The van der Waals surface area contributed by atoms with Gasteiger partial charge in [-0.15, -0.1) is 0 Å². The molecule has 41 heavy (non-hydrogen) atoms. The van der Waals surface area contributed by atoms with Crippen LogP contribution >= 0.6 is 15.9 Å². The second-order valence-electron chi connectivity index (χ2n) is 11.7. The number of sulfone groups is 2. The smallest absolute Gasteiger partial charge is 0.178 e. The van der Waals surface area contributed by atoms with E-state index in [0.717, 1.165) is 55.6 Å². The molecule has 2 aliphatic rings. The molecule has 1 N–H and O–H groups in total. The van der Waals surface area contributed by atoms with Crippen LogP contribution in [0.3, 0.4) is 0 Å². The average Bonchev–Trinajstić information content (AvgIpc) is 2.90. The molecule has 0 bridgehead atoms. The number of hydrogen-bond acceptors (Lipinski definition) is 6. The third kappa shape index (κ3) is 11.6. The van der Waals surface area contributed by atoms with E-state index < -0.39 is 31.3 Å². The van der Waals surface area contributed by atoms with Gasteiger partial charge in [-0.2, -0.15) is 0 Å². The fraction of sp³-hybridized carbons (Fsp3) is 0.600. The number of rotatable bonds is 5. The van der Waals surface area contributed by atoms with Crippen LogP contribution in [-0.2, 0) is 19.7 Å². The van der Waals surface area contributed by atoms with Crippen molar-refractivity contribution in [3.05, 3.63) is 52.5 Å². The molecule has 0 amide bonds. The summed E-state index contributed by atoms with van der Waals surface area (Å²) in [5.41, 5.74) is 0.803. The largest absolute Gasteiger partial charge is 0.371 e. The van der Waals surface area contributed by atoms with Gasteiger partial charge in [0.25, 0.3) is 0 Å². The highest BCUT2D eigenvalue weighted by Gasteiger charge is 2.24. The number of nitrogens with one attached hydrogen (secondary N) is 1. The predicted octanol–water partition coefficient (Wildman–Crippen LogP) is 6.74. The van der Waals surface area contributed by atoms with Crippen LogP contribution in [0.2, 0.25) is 0 Å². The van der Waals surface area contributed by atoms with Gasteiger partial charge < -0.3 is 10.2 Å². The number of hydrogen-bond donors (Lipinski definition) is 1. The lowest BCUT2D eigenvalue weighted by atomic mass is 9.88. The molecule has 0 aromatic heterocycles. The SMILES string of the molecule is CC(C)[C@H]1CCCN(c2ccc(F)c(S(C)(=O)=O)c2)C1.CC(C)[C@H]1CCCNC1.CS(=O)(=O)c1cc(Br)ccc1F. The van der Waals surface area contributed by atoms with Gasteiger partial charge in [0.1, 0.15) is 21.4 Å². The molecule has 11 heteroatoms. The molecule has 2 atom stereocenters. The zero-order valence-corrected chi connectivity index (χ0v) is 28.2. The first-order valence-electron chi connectivity index (χ1n) is 14.1. The van der Waals surface area contributed by atoms with Gasteiger partial charge in [0.15, 0.2) is 19.7 Å². The third-order valence-electron chi connectivity index (χ3n) is 7.65. The van der Waals surface area contributed by atoms with E-state index in [4.69, 9.17) is 0 Å². The zero-order chi connectivity index (χ0) is 31.0. The first kappa shape index (κ1) is 35.6. The molecule has 0 radical (unpaired) electrons. The Labute approximate surface area is 254 Å². The first-order chi connectivity index (χ1) is 19.0. The minimum atomic E-state index is -3.53. The topological polar surface area (TPSA) is 83.6 Å². The standard InChI is InChI=1S/C15H22FNO2S.C8H17N.C7H6BrFO2S/c1-11(2)12-5-4-8-17(10-12)13-6-7-14(16)15(9-13)20(3,18)19;1-7(2)8-4-3-5-9-6-8;1-12(10,11)7-4-5(8)2-3-6(7)9/h6-7,9,11-12H,4-5,8,10H2,1-3H3;7-9H,3-6H2,1-2H3;2-4H,1H3/t12-;8-;/m00./s1. The molecule has 0 spiro atoms. The number of halogens is 3. The van der Waals surface area contributed by atoms with E-state index in [9.17, 15) is 25.6 Å². The highest BCUT2D eigenvalue weighted by atomic mass is 79.9. The van der Waals surface area contributed by atoms with Gasteiger partial charge in [-0.3, -0.25) is 0 Å². The van der Waals surface area contributed by atoms with E-state index in [2.05, 4.69) is 53.8 Å². The zero-order valence-electron chi connectivity index (χ0n) is 25.0. The molecule has 2 fully saturated rings. The monoisotopic (exact) mass is 678 g/mol. The number of anilines is 1. The number of benzene rings is 2. The Kier molecular flexibility index (Phi) is 13.7. The van der Waals surface area contributed by atoms with Gasteiger partial charge in [0.05, 0.1) is 0 Å². The Morgan fingerprint density at radius 2 is 1.37 bits per heavy atom. The Hall–Kier alpha value is -1.56. The Bertz CT molecular complexity index is 1350. The molecule has 0 saturated carbocycles. The van der Waals surface area contributed by atoms with E-state index >= 15 is 0 Å². The molecule has 2 heterocycles. The summed E-state index contributed by atoms with van der Waals surface area (Å²) in [6, 6.07) is 8.19. The van der Waals surface area contributed by atoms with Crippen molar-refractivity contribution in [1.82, 2.24) is 5.32 Å². The fourth-order valence-electron chi connectivity index (χ4n) is 4.97. The van der Waals surface area contributed by atoms with Crippen LogP contribution in [0.25, 0.3) is 0 Å². The summed E-state index contributed by atoms with van der Waals surface area (Å²) in [5, 5.41) is 3.42. The van der Waals surface area contributed by atoms with E-state index in [1.54, 1.807) is 6.07 Å². The predicted molar refractivity (Wildman–Crippen MR) is 167 cm³/mol. The summed E-state index contributed by atoms with van der Waals surface area (Å²) in [6.07, 6.45) is 7.12. The van der Waals surface area contributed by atoms with Crippen molar-refractivity contribution < 1.29 is 25.6 Å². The lowest BCUT2D eigenvalue weighted by Gasteiger charge is -2.36. The molecule has 232 valence electrons. The van der Waals surface area contributed by atoms with Crippen LogP contribution in [0.15, 0.2) is 50.7 Å². The number of piperidine rings is 2. The molecule has 4 rings (SSSR count). The molecule has 2 aliphatic heterocycles. The van der Waals surface area contributed by atoms with Gasteiger partial charge in [-0.25, -0.2) is 25.6 Å². The minimum Gasteiger partial charge on any atom is -0.371 e. The second-order valence-corrected chi connectivity index (χ2v) is 16.6. The van der Waals surface area contributed by atoms with Gasteiger partial charge >= 0.3 is 0 Å². The van der Waals surface area contributed by atoms with Crippen LogP contribution in [0.4, 0.5) is 14.5 Å². The second kappa shape index (κ2) is 15.8. The van der Waals surface area contributed by atoms with Crippen LogP contribution in [0, 0.1) is 35.3 Å². The molecule has 2 aromatic carbocycles. The summed E-state index contributed by atoms with van der Waals surface area (Å²) in [4.78, 5) is 1.68. The molecular formula is C30H45BrF2N2O4S2. The van der Waals surface area contributed by atoms with Crippen molar-refractivity contribution in [3.63, 3.8) is 0 Å². The van der Waals surface area contributed by atoms with Gasteiger partial charge in [-0.05, 0) is 98.8 Å². The van der Waals surface area contributed by atoms with Crippen LogP contribution in [0.1, 0.15) is 53.4 Å². The van der Waals surface area contributed by atoms with Crippen molar-refractivity contribution in [2.75, 3.05) is 43.6 Å². The minimum absolute atomic E-state index is 0.207. The summed E-state index contributed by atoms with van der Waals surface area (Å²) >= 11 is 3.06. The maximum atomic E-state index is 13.6. The summed E-state index contributed by atoms with van der Waals surface area (Å²) in [6.45, 7) is 13.3. The molecule has 6 nitrogen and oxygen atoms in total. The average molecular weight is 680 g/mol. The summed E-state index contributed by atoms with van der Waals surface area (Å²) in [5.74, 6) is 1.63. The Morgan fingerprint density at radius 1 is 0.829 bits per heavy atom. The van der Waals surface area contributed by atoms with Crippen LogP contribution in [-0.4, -0.2) is 55.5 Å². The van der Waals surface area contributed by atoms with E-state index in [0.29, 0.717) is 16.3 Å². The first-order valence-corrected chi connectivity index (χ1v) is 18.7. The Balaban J connectivity index is 0.000000237. The van der Waals surface area contributed by atoms with Crippen molar-refractivity contribution in [2.45, 2.75) is 63.2 Å². The van der Waals surface area contributed by atoms with Gasteiger partial charge in [0.2, 0.25) is 0 Å². The van der Waals surface area contributed by atoms with Crippen molar-refractivity contribution in [3.8, 4) is 0 Å². The molecular weight excluding hydrogens is 634 g/mol. The Morgan fingerprint density at radius 3 is 1.83 bits per heavy atom. The van der Waals surface area contributed by atoms with Crippen LogP contribution < -0.4 is 10.2 Å². The molecule has 0 aliphatic carbocycles. The van der Waals surface area contributed by atoms with E-state index in [1.807, 2.05) is 0 Å². The lowest BCUT2D eigenvalue weighted by molar-refractivity contribution is 0.296. The van der Waals surface area contributed by atoms with Crippen molar-refractivity contribution in [2.24, 2.45) is 23.7 Å². The van der Waals surface area contributed by atoms with Crippen LogP contribution in [0.5, 0.6) is 0 Å². The van der Waals surface area contributed by atoms with Gasteiger partial charge in [0, 0.05) is 35.8 Å². The summed E-state index contributed by atoms with van der Waals surface area (Å²) in [7, 11) is -6.99. The highest BCUT2D eigenvalue weighted by molar-refractivity contribution is 9.10. The lowest BCUT2D eigenvalue weighted by Crippen LogP contribution is -2.37. The van der Waals surface area contributed by atoms with E-state index in [-0.39, 0.29) is 9.79 Å². The fourth-order valence-corrected chi connectivity index (χ4v) is 7.00. The maximum absolute atomic E-state index is 13.6. The summed E-state index contributed by atoms with van der Waals surface area (Å²) < 4.78 is 72.1. The third-order valence-corrected chi connectivity index (χ3v) is 10.4. The number of nitrogens with zero attached hydrogens (tertiary/aromatic N) is 1. The quantitative estimate of drug-likeness (QED) is 0.377. The molecule has 2 saturated heterocycles. The van der Waals surface area contributed by atoms with E-state index in [1.165, 1.54) is 56.6 Å². The van der Waals surface area contributed by atoms with Crippen molar-refractivity contribution in [1.29, 1.82) is 0 Å². The maximum Gasteiger partial charge on any atom is 0.178 e. The normalized spacial score (nSPS) is 19.7. The highest BCUT2D eigenvalue weighted by Crippen LogP contribution is 2.29. The molecule has 2 aromatic rings.